The second-order valence-corrected chi connectivity index (χ2v) is 6.14. The molecule has 0 radical (unpaired) electrons. The molecule has 2 N–H and O–H groups in total. The highest BCUT2D eigenvalue weighted by Gasteiger charge is 2.11. The van der Waals surface area contributed by atoms with Gasteiger partial charge in [-0.25, -0.2) is 5.43 Å². The van der Waals surface area contributed by atoms with Crippen molar-refractivity contribution < 1.29 is 4.79 Å². The minimum Gasteiger partial charge on any atom is -0.272 e. The van der Waals surface area contributed by atoms with Crippen molar-refractivity contribution in [3.05, 3.63) is 75.9 Å². The number of hydrogen-bond acceptors (Lipinski definition) is 3. The van der Waals surface area contributed by atoms with E-state index in [1.165, 1.54) is 0 Å². The quantitative estimate of drug-likeness (QED) is 0.521. The molecule has 2 aromatic carbocycles. The van der Waals surface area contributed by atoms with Crippen molar-refractivity contribution in [2.24, 2.45) is 5.10 Å². The summed E-state index contributed by atoms with van der Waals surface area (Å²) in [7, 11) is 0. The Morgan fingerprint density at radius 2 is 1.84 bits per heavy atom. The highest BCUT2D eigenvalue weighted by atomic mass is 35.5. The molecule has 0 spiro atoms. The van der Waals surface area contributed by atoms with Gasteiger partial charge in [0.25, 0.3) is 5.91 Å². The molecule has 0 bridgehead atoms. The van der Waals surface area contributed by atoms with Gasteiger partial charge in [0, 0.05) is 21.2 Å². The number of carbonyl (C=O) groups excluding carboxylic acids is 1. The van der Waals surface area contributed by atoms with Gasteiger partial charge in [0.2, 0.25) is 0 Å². The summed E-state index contributed by atoms with van der Waals surface area (Å²) in [6, 6.07) is 16.1. The zero-order chi connectivity index (χ0) is 17.8. The Kier molecular flexibility index (Phi) is 5.16. The van der Waals surface area contributed by atoms with Crippen LogP contribution in [0, 0.1) is 0 Å². The van der Waals surface area contributed by atoms with E-state index < -0.39 is 0 Å². The Balaban J connectivity index is 1.73. The summed E-state index contributed by atoms with van der Waals surface area (Å²) in [5.74, 6) is -0.390. The van der Waals surface area contributed by atoms with Gasteiger partial charge in [-0.2, -0.15) is 10.2 Å². The van der Waals surface area contributed by atoms with Crippen molar-refractivity contribution in [2.45, 2.75) is 6.92 Å². The van der Waals surface area contributed by atoms with Crippen LogP contribution in [0.3, 0.4) is 0 Å². The number of aromatic amines is 1. The lowest BCUT2D eigenvalue weighted by Crippen LogP contribution is -2.19. The zero-order valence-corrected chi connectivity index (χ0v) is 14.8. The van der Waals surface area contributed by atoms with Gasteiger partial charge in [0.15, 0.2) is 0 Å². The van der Waals surface area contributed by atoms with Crippen LogP contribution >= 0.6 is 23.2 Å². The van der Waals surface area contributed by atoms with Crippen molar-refractivity contribution in [1.82, 2.24) is 15.6 Å². The number of nitrogens with one attached hydrogen (secondary N) is 2. The van der Waals surface area contributed by atoms with E-state index in [1.807, 2.05) is 30.3 Å². The highest BCUT2D eigenvalue weighted by molar-refractivity contribution is 6.34. The second-order valence-electron chi connectivity index (χ2n) is 5.29. The molecule has 7 heteroatoms. The van der Waals surface area contributed by atoms with Crippen molar-refractivity contribution in [3.63, 3.8) is 0 Å². The summed E-state index contributed by atoms with van der Waals surface area (Å²) in [4.78, 5) is 12.2. The summed E-state index contributed by atoms with van der Waals surface area (Å²) >= 11 is 12.0. The number of aromatic nitrogens is 2. The van der Waals surface area contributed by atoms with Gasteiger partial charge in [0.05, 0.1) is 11.4 Å². The van der Waals surface area contributed by atoms with Crippen molar-refractivity contribution in [3.8, 4) is 11.3 Å². The number of benzene rings is 2. The lowest BCUT2D eigenvalue weighted by atomic mass is 10.1. The number of carbonyl (C=O) groups is 1. The summed E-state index contributed by atoms with van der Waals surface area (Å²) in [6.45, 7) is 1.77. The number of amides is 1. The maximum atomic E-state index is 12.2. The smallest absolute Gasteiger partial charge is 0.272 e. The summed E-state index contributed by atoms with van der Waals surface area (Å²) in [6.07, 6.45) is 0. The normalized spacial score (nSPS) is 11.4. The third-order valence-corrected chi connectivity index (χ3v) is 4.13. The van der Waals surface area contributed by atoms with Gasteiger partial charge in [0.1, 0.15) is 5.69 Å². The van der Waals surface area contributed by atoms with Gasteiger partial charge in [-0.15, -0.1) is 0 Å². The van der Waals surface area contributed by atoms with Crippen molar-refractivity contribution in [1.29, 1.82) is 0 Å². The lowest BCUT2D eigenvalue weighted by molar-refractivity contribution is 0.0950. The molecule has 25 heavy (non-hydrogen) atoms. The van der Waals surface area contributed by atoms with Crippen LogP contribution in [0.2, 0.25) is 10.0 Å². The number of nitrogens with zero attached hydrogens (tertiary/aromatic N) is 2. The summed E-state index contributed by atoms with van der Waals surface area (Å²) < 4.78 is 0. The fourth-order valence-corrected chi connectivity index (χ4v) is 2.61. The molecule has 0 atom stereocenters. The van der Waals surface area contributed by atoms with Gasteiger partial charge >= 0.3 is 0 Å². The molecule has 5 nitrogen and oxygen atoms in total. The lowest BCUT2D eigenvalue weighted by Gasteiger charge is -2.03. The first-order valence-electron chi connectivity index (χ1n) is 7.45. The molecule has 1 heterocycles. The molecule has 0 aliphatic heterocycles. The number of hydrazone groups is 1. The Bertz CT molecular complexity index is 932. The molecule has 3 aromatic rings. The topological polar surface area (TPSA) is 70.1 Å². The van der Waals surface area contributed by atoms with Crippen LogP contribution in [0.15, 0.2) is 59.7 Å². The molecular formula is C18H14Cl2N4O. The van der Waals surface area contributed by atoms with Crippen LogP contribution in [0.4, 0.5) is 0 Å². The van der Waals surface area contributed by atoms with Crippen LogP contribution in [0.5, 0.6) is 0 Å². The highest BCUT2D eigenvalue weighted by Crippen LogP contribution is 2.20. The maximum absolute atomic E-state index is 12.2. The standard InChI is InChI=1S/C18H14Cl2N4O/c1-11(14-4-2-3-5-15(14)20)21-24-18(25)17-10-16(22-23-17)12-6-8-13(19)9-7-12/h2-10H,1H3,(H,22,23)(H,24,25)/b21-11+. The minimum absolute atomic E-state index is 0.306. The number of hydrogen-bond donors (Lipinski definition) is 2. The Morgan fingerprint density at radius 1 is 1.12 bits per heavy atom. The fourth-order valence-electron chi connectivity index (χ4n) is 2.22. The molecule has 0 saturated carbocycles. The minimum atomic E-state index is -0.390. The Hall–Kier alpha value is -2.63. The molecule has 0 aliphatic carbocycles. The predicted molar refractivity (Wildman–Crippen MR) is 100 cm³/mol. The number of H-pyrrole nitrogens is 1. The van der Waals surface area contributed by atoms with E-state index in [0.717, 1.165) is 11.1 Å². The van der Waals surface area contributed by atoms with Crippen LogP contribution in [-0.2, 0) is 0 Å². The number of rotatable bonds is 4. The van der Waals surface area contributed by atoms with Gasteiger partial charge in [-0.05, 0) is 31.2 Å². The van der Waals surface area contributed by atoms with Gasteiger partial charge in [-0.1, -0.05) is 53.5 Å². The molecule has 1 amide bonds. The van der Waals surface area contributed by atoms with E-state index >= 15 is 0 Å². The van der Waals surface area contributed by atoms with E-state index in [1.54, 1.807) is 31.2 Å². The van der Waals surface area contributed by atoms with E-state index in [0.29, 0.717) is 27.1 Å². The van der Waals surface area contributed by atoms with Gasteiger partial charge in [-0.3, -0.25) is 9.89 Å². The van der Waals surface area contributed by atoms with Crippen LogP contribution in [0.1, 0.15) is 23.0 Å². The fraction of sp³-hybridized carbons (Fsp3) is 0.0556. The zero-order valence-electron chi connectivity index (χ0n) is 13.3. The molecule has 0 aliphatic rings. The third kappa shape index (κ3) is 4.07. The monoisotopic (exact) mass is 372 g/mol. The van der Waals surface area contributed by atoms with Gasteiger partial charge < -0.3 is 0 Å². The average Bonchev–Trinajstić information content (AvgIpc) is 3.10. The summed E-state index contributed by atoms with van der Waals surface area (Å²) in [5, 5.41) is 12.1. The van der Waals surface area contributed by atoms with Crippen LogP contribution in [0.25, 0.3) is 11.3 Å². The summed E-state index contributed by atoms with van der Waals surface area (Å²) in [5.41, 5.74) is 5.67. The van der Waals surface area contributed by atoms with Crippen LogP contribution in [-0.4, -0.2) is 21.8 Å². The Labute approximate surface area is 154 Å². The largest absolute Gasteiger partial charge is 0.289 e. The predicted octanol–water partition coefficient (Wildman–Crippen LogP) is 4.54. The maximum Gasteiger partial charge on any atom is 0.289 e. The van der Waals surface area contributed by atoms with Crippen molar-refractivity contribution >= 4 is 34.8 Å². The molecule has 0 unspecified atom stereocenters. The van der Waals surface area contributed by atoms with E-state index in [2.05, 4.69) is 20.7 Å². The molecule has 126 valence electrons. The van der Waals surface area contributed by atoms with E-state index in [-0.39, 0.29) is 5.91 Å². The van der Waals surface area contributed by atoms with E-state index in [9.17, 15) is 4.79 Å². The number of halogens is 2. The molecule has 1 aromatic heterocycles. The molecule has 0 saturated heterocycles. The average molecular weight is 373 g/mol. The Morgan fingerprint density at radius 3 is 2.56 bits per heavy atom. The van der Waals surface area contributed by atoms with E-state index in [4.69, 9.17) is 23.2 Å². The second kappa shape index (κ2) is 7.51. The third-order valence-electron chi connectivity index (χ3n) is 3.55. The SMILES string of the molecule is C/C(=N\NC(=O)c1cc(-c2ccc(Cl)cc2)n[nH]1)c1ccccc1Cl. The first kappa shape index (κ1) is 17.2. The molecule has 0 fully saturated rings. The van der Waals surface area contributed by atoms with Crippen LogP contribution < -0.4 is 5.43 Å². The first-order chi connectivity index (χ1) is 12.0. The molecular weight excluding hydrogens is 359 g/mol. The first-order valence-corrected chi connectivity index (χ1v) is 8.21. The molecule has 3 rings (SSSR count). The van der Waals surface area contributed by atoms with Crippen molar-refractivity contribution in [2.75, 3.05) is 0 Å².